The molecule has 2 aliphatic heterocycles. The van der Waals surface area contributed by atoms with Crippen LogP contribution < -0.4 is 4.90 Å². The topological polar surface area (TPSA) is 139 Å². The van der Waals surface area contributed by atoms with Crippen molar-refractivity contribution in [2.24, 2.45) is 0 Å². The normalized spacial score (nSPS) is 27.8. The fraction of sp³-hybridized carbons (Fsp3) is 0.423. The summed E-state index contributed by atoms with van der Waals surface area (Å²) in [6, 6.07) is 3.73. The van der Waals surface area contributed by atoms with Gasteiger partial charge in [0.25, 0.3) is 5.91 Å². The Morgan fingerprint density at radius 2 is 1.79 bits per heavy atom. The Bertz CT molecular complexity index is 1420. The summed E-state index contributed by atoms with van der Waals surface area (Å²) in [6.07, 6.45) is -5.47. The van der Waals surface area contributed by atoms with E-state index in [0.717, 1.165) is 16.8 Å². The maximum Gasteiger partial charge on any atom is 0.259 e. The highest BCUT2D eigenvalue weighted by molar-refractivity contribution is 6.35. The molecule has 3 aromatic rings. The van der Waals surface area contributed by atoms with Crippen LogP contribution in [0.2, 0.25) is 10.0 Å². The van der Waals surface area contributed by atoms with Crippen molar-refractivity contribution >= 4 is 34.8 Å². The van der Waals surface area contributed by atoms with Crippen molar-refractivity contribution in [3.8, 4) is 11.3 Å². The maximum atomic E-state index is 14.2. The fourth-order valence-corrected chi connectivity index (χ4v) is 5.71. The smallest absolute Gasteiger partial charge is 0.259 e. The van der Waals surface area contributed by atoms with Gasteiger partial charge in [0.15, 0.2) is 23.6 Å². The highest BCUT2D eigenvalue weighted by atomic mass is 35.5. The summed E-state index contributed by atoms with van der Waals surface area (Å²) in [7, 11) is 1.25. The molecule has 7 atom stereocenters. The van der Waals surface area contributed by atoms with Crippen LogP contribution in [0.15, 0.2) is 36.5 Å². The molecule has 11 nitrogen and oxygen atoms in total. The number of aliphatic hydroxyl groups is 3. The number of aromatic nitrogens is 3. The van der Waals surface area contributed by atoms with Gasteiger partial charge >= 0.3 is 0 Å². The molecule has 3 N–H and O–H groups in total. The summed E-state index contributed by atoms with van der Waals surface area (Å²) in [5, 5.41) is 40.0. The van der Waals surface area contributed by atoms with Crippen molar-refractivity contribution in [3.63, 3.8) is 0 Å². The minimum absolute atomic E-state index is 0.0336. The van der Waals surface area contributed by atoms with Crippen LogP contribution in [0.1, 0.15) is 6.04 Å². The van der Waals surface area contributed by atoms with Gasteiger partial charge in [-0.3, -0.25) is 4.79 Å². The molecular formula is C26H25Cl2F3N4O7. The first-order chi connectivity index (χ1) is 20.0. The van der Waals surface area contributed by atoms with Gasteiger partial charge in [-0.2, -0.15) is 0 Å². The van der Waals surface area contributed by atoms with E-state index >= 15 is 0 Å². The number of carbonyl (C=O) groups is 1. The zero-order valence-corrected chi connectivity index (χ0v) is 23.3. The van der Waals surface area contributed by atoms with Crippen LogP contribution in [0.4, 0.5) is 18.9 Å². The second kappa shape index (κ2) is 12.4. The van der Waals surface area contributed by atoms with Crippen molar-refractivity contribution in [1.82, 2.24) is 15.0 Å². The van der Waals surface area contributed by atoms with Crippen LogP contribution in [0.3, 0.4) is 0 Å². The van der Waals surface area contributed by atoms with Crippen molar-refractivity contribution < 1.29 is 47.5 Å². The Morgan fingerprint density at radius 1 is 1.12 bits per heavy atom. The molecule has 5 rings (SSSR count). The molecule has 0 radical (unpaired) electrons. The van der Waals surface area contributed by atoms with Crippen molar-refractivity contribution in [1.29, 1.82) is 0 Å². The Hall–Kier alpha value is -2.82. The van der Waals surface area contributed by atoms with E-state index in [0.29, 0.717) is 0 Å². The number of hydrogen-bond acceptors (Lipinski definition) is 9. The lowest BCUT2D eigenvalue weighted by Crippen LogP contribution is -2.63. The highest BCUT2D eigenvalue weighted by Gasteiger charge is 2.52. The molecule has 226 valence electrons. The molecule has 2 saturated heterocycles. The number of nitrogens with zero attached hydrogens (tertiary/aromatic N) is 4. The highest BCUT2D eigenvalue weighted by Crippen LogP contribution is 2.36. The summed E-state index contributed by atoms with van der Waals surface area (Å²) < 4.78 is 59.2. The Morgan fingerprint density at radius 3 is 2.36 bits per heavy atom. The first kappa shape index (κ1) is 30.6. The largest absolute Gasteiger partial charge is 0.394 e. The number of ether oxygens (including phenoxy) is 3. The molecule has 2 aliphatic rings. The number of carbonyl (C=O) groups excluding carboxylic acids is 1. The van der Waals surface area contributed by atoms with E-state index in [1.165, 1.54) is 36.4 Å². The predicted molar refractivity (Wildman–Crippen MR) is 141 cm³/mol. The van der Waals surface area contributed by atoms with Gasteiger partial charge in [-0.15, -0.1) is 5.10 Å². The number of hydrogen-bond donors (Lipinski definition) is 3. The first-order valence-corrected chi connectivity index (χ1v) is 13.4. The average Bonchev–Trinajstić information content (AvgIpc) is 3.60. The molecule has 16 heteroatoms. The Labute approximate surface area is 246 Å². The standard InChI is InChI=1S/C26H25Cl2F3N4O7/c1-40-24-22(34-7-17(32-33-34)11-2-15(29)21(31)16(30)3-11)23(38)20(8-36)42-25(24)26(39)35(18-9-41-10-19(18)37)14-5-12(27)4-13(28)6-14/h2-7,18-20,22-25,36-38H,8-10H2,1H3/t18-,19-,20+,22-,23-,24+,25+/m0/s1. The minimum Gasteiger partial charge on any atom is -0.394 e. The van der Waals surface area contributed by atoms with E-state index in [-0.39, 0.29) is 40.2 Å². The van der Waals surface area contributed by atoms with Gasteiger partial charge in [-0.25, -0.2) is 17.9 Å². The molecule has 0 spiro atoms. The number of rotatable bonds is 7. The van der Waals surface area contributed by atoms with Crippen LogP contribution in [-0.4, -0.2) is 99.7 Å². The quantitative estimate of drug-likeness (QED) is 0.334. The lowest BCUT2D eigenvalue weighted by atomic mass is 9.91. The summed E-state index contributed by atoms with van der Waals surface area (Å²) in [4.78, 5) is 15.5. The number of aliphatic hydroxyl groups excluding tert-OH is 3. The summed E-state index contributed by atoms with van der Waals surface area (Å²) >= 11 is 12.4. The molecule has 1 amide bonds. The average molecular weight is 633 g/mol. The SMILES string of the molecule is CO[C@@H]1[C@@H](n2cc(-c3cc(F)c(F)c(F)c3)nn2)[C@@H](O)[C@@H](CO)O[C@H]1C(=O)N(c1cc(Cl)cc(Cl)c1)[C@H]1COC[C@@H]1O. The molecule has 0 saturated carbocycles. The van der Waals surface area contributed by atoms with Crippen molar-refractivity contribution in [3.05, 3.63) is 64.0 Å². The van der Waals surface area contributed by atoms with Crippen LogP contribution in [0.25, 0.3) is 11.3 Å². The van der Waals surface area contributed by atoms with Gasteiger partial charge in [0.2, 0.25) is 0 Å². The lowest BCUT2D eigenvalue weighted by Gasteiger charge is -2.45. The molecule has 3 heterocycles. The molecule has 1 aromatic heterocycles. The van der Waals surface area contributed by atoms with Gasteiger partial charge in [0.05, 0.1) is 32.1 Å². The van der Waals surface area contributed by atoms with E-state index in [4.69, 9.17) is 37.4 Å². The second-order valence-electron chi connectivity index (χ2n) is 9.80. The van der Waals surface area contributed by atoms with Crippen LogP contribution >= 0.6 is 23.2 Å². The molecule has 2 aromatic carbocycles. The van der Waals surface area contributed by atoms with Crippen molar-refractivity contribution in [2.45, 2.75) is 42.6 Å². The van der Waals surface area contributed by atoms with Crippen LogP contribution in [0, 0.1) is 17.5 Å². The number of amides is 1. The van der Waals surface area contributed by atoms with E-state index < -0.39 is 72.6 Å². The molecule has 0 aliphatic carbocycles. The number of benzene rings is 2. The Balaban J connectivity index is 1.54. The molecule has 0 unspecified atom stereocenters. The van der Waals surface area contributed by atoms with Gasteiger partial charge in [0.1, 0.15) is 36.2 Å². The summed E-state index contributed by atoms with van der Waals surface area (Å²) in [5.41, 5.74) is 0.00190. The number of anilines is 1. The molecule has 42 heavy (non-hydrogen) atoms. The fourth-order valence-electron chi connectivity index (χ4n) is 5.19. The van der Waals surface area contributed by atoms with Gasteiger partial charge in [-0.05, 0) is 30.3 Å². The third kappa shape index (κ3) is 5.73. The lowest BCUT2D eigenvalue weighted by molar-refractivity contribution is -0.211. The van der Waals surface area contributed by atoms with Gasteiger partial charge in [-0.1, -0.05) is 28.4 Å². The molecule has 0 bridgehead atoms. The second-order valence-corrected chi connectivity index (χ2v) is 10.7. The molecule has 2 fully saturated rings. The van der Waals surface area contributed by atoms with E-state index in [1.807, 2.05) is 0 Å². The van der Waals surface area contributed by atoms with E-state index in [2.05, 4.69) is 10.3 Å². The van der Waals surface area contributed by atoms with Gasteiger partial charge < -0.3 is 34.4 Å². The van der Waals surface area contributed by atoms with Gasteiger partial charge in [0, 0.05) is 28.4 Å². The Kier molecular flexibility index (Phi) is 9.06. The van der Waals surface area contributed by atoms with E-state index in [9.17, 15) is 33.3 Å². The zero-order valence-electron chi connectivity index (χ0n) is 21.8. The molecular weight excluding hydrogens is 608 g/mol. The third-order valence-corrected chi connectivity index (χ3v) is 7.63. The first-order valence-electron chi connectivity index (χ1n) is 12.6. The zero-order chi connectivity index (χ0) is 30.3. The summed E-state index contributed by atoms with van der Waals surface area (Å²) in [5.74, 6) is -5.27. The maximum absolute atomic E-state index is 14.2. The van der Waals surface area contributed by atoms with Crippen LogP contribution in [-0.2, 0) is 19.0 Å². The number of methoxy groups -OCH3 is 1. The third-order valence-electron chi connectivity index (χ3n) is 7.19. The number of halogens is 5. The minimum atomic E-state index is -1.65. The summed E-state index contributed by atoms with van der Waals surface area (Å²) in [6.45, 7) is -0.797. The van der Waals surface area contributed by atoms with Crippen molar-refractivity contribution in [2.75, 3.05) is 31.8 Å². The monoisotopic (exact) mass is 632 g/mol. The van der Waals surface area contributed by atoms with Crippen LogP contribution in [0.5, 0.6) is 0 Å². The van der Waals surface area contributed by atoms with E-state index in [1.54, 1.807) is 0 Å². The predicted octanol–water partition coefficient (Wildman–Crippen LogP) is 2.14.